The largest absolute Gasteiger partial charge is 0.390 e. The van der Waals surface area contributed by atoms with Crippen molar-refractivity contribution in [3.8, 4) is 0 Å². The summed E-state index contributed by atoms with van der Waals surface area (Å²) < 4.78 is 0. The Hall–Kier alpha value is -0.0400. The lowest BCUT2D eigenvalue weighted by Gasteiger charge is -2.61. The van der Waals surface area contributed by atoms with Crippen molar-refractivity contribution in [1.29, 1.82) is 0 Å². The Bertz CT molecular complexity index is 305. The maximum Gasteiger partial charge on any atom is 0.0653 e. The molecule has 0 heterocycles. The standard InChI is InChI=1S/C17H32O/c1-6-8-14-16(4)11-7-10-15(2,3)13(16)9-12-17(14,5)18/h13-14,18H,6-12H2,1-5H3/t13-,14+,16-,17+/m0/s1. The number of hydrogen-bond acceptors (Lipinski definition) is 1. The van der Waals surface area contributed by atoms with Gasteiger partial charge in [-0.15, -0.1) is 0 Å². The number of fused-ring (bicyclic) bond motifs is 1. The van der Waals surface area contributed by atoms with Crippen molar-refractivity contribution < 1.29 is 5.11 Å². The third kappa shape index (κ3) is 2.13. The fourth-order valence-electron chi connectivity index (χ4n) is 5.55. The van der Waals surface area contributed by atoms with Crippen molar-refractivity contribution in [2.24, 2.45) is 22.7 Å². The first-order valence-corrected chi connectivity index (χ1v) is 7.96. The molecule has 0 aromatic carbocycles. The zero-order valence-electron chi connectivity index (χ0n) is 13.1. The molecule has 106 valence electrons. The Labute approximate surface area is 113 Å². The molecule has 0 unspecified atom stereocenters. The summed E-state index contributed by atoms with van der Waals surface area (Å²) in [7, 11) is 0. The zero-order valence-corrected chi connectivity index (χ0v) is 13.1. The van der Waals surface area contributed by atoms with E-state index in [1.54, 1.807) is 0 Å². The van der Waals surface area contributed by atoms with Crippen LogP contribution in [0.5, 0.6) is 0 Å². The van der Waals surface area contributed by atoms with Crippen LogP contribution < -0.4 is 0 Å². The molecule has 0 aliphatic heterocycles. The highest BCUT2D eigenvalue weighted by Crippen LogP contribution is 2.62. The summed E-state index contributed by atoms with van der Waals surface area (Å²) in [6, 6.07) is 0. The van der Waals surface area contributed by atoms with Crippen LogP contribution in [0.25, 0.3) is 0 Å². The Morgan fingerprint density at radius 1 is 1.06 bits per heavy atom. The lowest BCUT2D eigenvalue weighted by Crippen LogP contribution is -2.57. The Morgan fingerprint density at radius 3 is 2.33 bits per heavy atom. The smallest absolute Gasteiger partial charge is 0.0653 e. The second-order valence-electron chi connectivity index (χ2n) is 8.14. The lowest BCUT2D eigenvalue weighted by atomic mass is 9.45. The van der Waals surface area contributed by atoms with E-state index in [1.165, 1.54) is 38.5 Å². The molecule has 0 radical (unpaired) electrons. The van der Waals surface area contributed by atoms with Crippen LogP contribution in [-0.4, -0.2) is 10.7 Å². The van der Waals surface area contributed by atoms with Crippen molar-refractivity contribution in [2.75, 3.05) is 0 Å². The van der Waals surface area contributed by atoms with Gasteiger partial charge in [0.05, 0.1) is 5.60 Å². The predicted molar refractivity (Wildman–Crippen MR) is 77.5 cm³/mol. The highest BCUT2D eigenvalue weighted by Gasteiger charge is 2.57. The van der Waals surface area contributed by atoms with Crippen molar-refractivity contribution >= 4 is 0 Å². The summed E-state index contributed by atoms with van der Waals surface area (Å²) in [5.41, 5.74) is 0.393. The third-order valence-electron chi connectivity index (χ3n) is 6.34. The van der Waals surface area contributed by atoms with Crippen molar-refractivity contribution in [2.45, 2.75) is 85.2 Å². The van der Waals surface area contributed by atoms with E-state index in [0.29, 0.717) is 16.7 Å². The van der Waals surface area contributed by atoms with Gasteiger partial charge in [0.15, 0.2) is 0 Å². The number of rotatable bonds is 2. The normalized spacial score (nSPS) is 47.7. The van der Waals surface area contributed by atoms with E-state index in [1.807, 2.05) is 0 Å². The van der Waals surface area contributed by atoms with Gasteiger partial charge in [-0.25, -0.2) is 0 Å². The van der Waals surface area contributed by atoms with Gasteiger partial charge in [-0.05, 0) is 61.7 Å². The van der Waals surface area contributed by atoms with Crippen LogP contribution in [0.3, 0.4) is 0 Å². The molecule has 2 fully saturated rings. The second-order valence-corrected chi connectivity index (χ2v) is 8.14. The number of aliphatic hydroxyl groups is 1. The van der Waals surface area contributed by atoms with Crippen LogP contribution in [0.2, 0.25) is 0 Å². The lowest BCUT2D eigenvalue weighted by molar-refractivity contribution is -0.169. The van der Waals surface area contributed by atoms with E-state index in [4.69, 9.17) is 0 Å². The first kappa shape index (κ1) is 14.4. The van der Waals surface area contributed by atoms with Gasteiger partial charge < -0.3 is 5.11 Å². The number of hydrogen-bond donors (Lipinski definition) is 1. The van der Waals surface area contributed by atoms with E-state index in [-0.39, 0.29) is 0 Å². The van der Waals surface area contributed by atoms with Gasteiger partial charge in [0, 0.05) is 0 Å². The molecule has 0 aromatic heterocycles. The maximum atomic E-state index is 10.8. The Kier molecular flexibility index (Phi) is 3.60. The first-order chi connectivity index (χ1) is 8.24. The summed E-state index contributed by atoms with van der Waals surface area (Å²) >= 11 is 0. The van der Waals surface area contributed by atoms with Crippen molar-refractivity contribution in [3.05, 3.63) is 0 Å². The molecular formula is C17H32O. The van der Waals surface area contributed by atoms with Crippen LogP contribution in [0.1, 0.15) is 79.6 Å². The maximum absolute atomic E-state index is 10.8. The molecule has 2 aliphatic carbocycles. The molecule has 0 bridgehead atoms. The molecule has 18 heavy (non-hydrogen) atoms. The Balaban J connectivity index is 2.35. The minimum absolute atomic E-state index is 0.361. The molecule has 0 saturated heterocycles. The first-order valence-electron chi connectivity index (χ1n) is 7.96. The average Bonchev–Trinajstić information content (AvgIpc) is 2.22. The van der Waals surface area contributed by atoms with E-state index in [0.717, 1.165) is 12.3 Å². The van der Waals surface area contributed by atoms with Gasteiger partial charge in [0.25, 0.3) is 0 Å². The molecule has 4 atom stereocenters. The summed E-state index contributed by atoms with van der Waals surface area (Å²) in [5.74, 6) is 1.30. The average molecular weight is 252 g/mol. The van der Waals surface area contributed by atoms with E-state index >= 15 is 0 Å². The fourth-order valence-corrected chi connectivity index (χ4v) is 5.55. The van der Waals surface area contributed by atoms with Gasteiger partial charge in [0.1, 0.15) is 0 Å². The van der Waals surface area contributed by atoms with Gasteiger partial charge in [-0.2, -0.15) is 0 Å². The zero-order chi connectivity index (χ0) is 13.6. The van der Waals surface area contributed by atoms with Crippen LogP contribution in [0.15, 0.2) is 0 Å². The van der Waals surface area contributed by atoms with Gasteiger partial charge >= 0.3 is 0 Å². The summed E-state index contributed by atoms with van der Waals surface area (Å²) in [6.45, 7) is 11.7. The molecule has 2 aliphatic rings. The van der Waals surface area contributed by atoms with Crippen LogP contribution in [0.4, 0.5) is 0 Å². The topological polar surface area (TPSA) is 20.2 Å². The highest BCUT2D eigenvalue weighted by molar-refractivity contribution is 5.07. The van der Waals surface area contributed by atoms with Gasteiger partial charge in [-0.3, -0.25) is 0 Å². The van der Waals surface area contributed by atoms with E-state index in [2.05, 4.69) is 34.6 Å². The van der Waals surface area contributed by atoms with E-state index in [9.17, 15) is 5.11 Å². The molecule has 2 rings (SSSR count). The SMILES string of the molecule is CCC[C@@H]1[C@@]2(C)CCCC(C)(C)[C@@H]2CC[C@@]1(C)O. The predicted octanol–water partition coefficient (Wildman–Crippen LogP) is 4.78. The molecule has 0 amide bonds. The molecular weight excluding hydrogens is 220 g/mol. The minimum atomic E-state index is -0.436. The molecule has 1 nitrogen and oxygen atoms in total. The van der Waals surface area contributed by atoms with Crippen LogP contribution >= 0.6 is 0 Å². The minimum Gasteiger partial charge on any atom is -0.390 e. The monoisotopic (exact) mass is 252 g/mol. The summed E-state index contributed by atoms with van der Waals surface area (Å²) in [4.78, 5) is 0. The van der Waals surface area contributed by atoms with E-state index < -0.39 is 5.60 Å². The second kappa shape index (κ2) is 4.51. The summed E-state index contributed by atoms with van der Waals surface area (Å²) in [5, 5.41) is 10.8. The van der Waals surface area contributed by atoms with Crippen LogP contribution in [0, 0.1) is 22.7 Å². The quantitative estimate of drug-likeness (QED) is 0.750. The van der Waals surface area contributed by atoms with Crippen molar-refractivity contribution in [1.82, 2.24) is 0 Å². The van der Waals surface area contributed by atoms with Crippen molar-refractivity contribution in [3.63, 3.8) is 0 Å². The Morgan fingerprint density at radius 2 is 1.72 bits per heavy atom. The highest BCUT2D eigenvalue weighted by atomic mass is 16.3. The summed E-state index contributed by atoms with van der Waals surface area (Å²) in [6.07, 6.45) is 8.64. The van der Waals surface area contributed by atoms with Gasteiger partial charge in [0.2, 0.25) is 0 Å². The molecule has 1 heteroatoms. The van der Waals surface area contributed by atoms with Crippen LogP contribution in [-0.2, 0) is 0 Å². The molecule has 1 N–H and O–H groups in total. The molecule has 0 spiro atoms. The van der Waals surface area contributed by atoms with Gasteiger partial charge in [-0.1, -0.05) is 40.5 Å². The molecule has 2 saturated carbocycles. The fraction of sp³-hybridized carbons (Fsp3) is 1.00. The third-order valence-corrected chi connectivity index (χ3v) is 6.34. The molecule has 0 aromatic rings.